The van der Waals surface area contributed by atoms with Gasteiger partial charge in [-0.1, -0.05) is 18.2 Å². The third-order valence-electron chi connectivity index (χ3n) is 4.19. The van der Waals surface area contributed by atoms with Crippen LogP contribution in [-0.4, -0.2) is 19.0 Å². The van der Waals surface area contributed by atoms with Gasteiger partial charge in [0.15, 0.2) is 0 Å². The number of amides is 1. The fourth-order valence-corrected chi connectivity index (χ4v) is 3.65. The third kappa shape index (κ3) is 4.18. The highest BCUT2D eigenvalue weighted by Gasteiger charge is 2.14. The van der Waals surface area contributed by atoms with E-state index in [4.69, 9.17) is 0 Å². The molecule has 2 heterocycles. The highest BCUT2D eigenvalue weighted by atomic mass is 32.1. The fourth-order valence-electron chi connectivity index (χ4n) is 2.92. The van der Waals surface area contributed by atoms with Crippen molar-refractivity contribution in [2.24, 2.45) is 5.92 Å². The first-order chi connectivity index (χ1) is 10.8. The van der Waals surface area contributed by atoms with Crippen LogP contribution in [0.5, 0.6) is 0 Å². The topological polar surface area (TPSA) is 41.1 Å². The lowest BCUT2D eigenvalue weighted by Crippen LogP contribution is -2.28. The molecule has 0 aliphatic carbocycles. The number of benzene rings is 1. The van der Waals surface area contributed by atoms with Crippen molar-refractivity contribution in [1.29, 1.82) is 0 Å². The number of hydrogen-bond donors (Lipinski definition) is 2. The summed E-state index contributed by atoms with van der Waals surface area (Å²) >= 11 is 1.71. The van der Waals surface area contributed by atoms with Gasteiger partial charge < -0.3 is 10.6 Å². The summed E-state index contributed by atoms with van der Waals surface area (Å²) in [6, 6.07) is 12.2. The smallest absolute Gasteiger partial charge is 0.224 e. The lowest BCUT2D eigenvalue weighted by atomic mass is 9.93. The molecule has 1 fully saturated rings. The molecule has 0 bridgehead atoms. The molecule has 4 heteroatoms. The van der Waals surface area contributed by atoms with E-state index in [0.717, 1.165) is 30.8 Å². The minimum atomic E-state index is 0.127. The number of rotatable bonds is 5. The normalized spacial score (nSPS) is 15.6. The molecule has 0 atom stereocenters. The molecule has 1 aliphatic rings. The molecule has 1 aromatic carbocycles. The molecule has 2 N–H and O–H groups in total. The van der Waals surface area contributed by atoms with Crippen LogP contribution < -0.4 is 10.6 Å². The summed E-state index contributed by atoms with van der Waals surface area (Å²) in [6.45, 7) is 2.18. The van der Waals surface area contributed by atoms with Crippen molar-refractivity contribution >= 4 is 22.9 Å². The zero-order chi connectivity index (χ0) is 15.2. The van der Waals surface area contributed by atoms with E-state index in [2.05, 4.69) is 28.1 Å². The Kier molecular flexibility index (Phi) is 5.24. The summed E-state index contributed by atoms with van der Waals surface area (Å²) in [7, 11) is 0. The van der Waals surface area contributed by atoms with Crippen molar-refractivity contribution in [1.82, 2.24) is 5.32 Å². The monoisotopic (exact) mass is 314 g/mol. The maximum absolute atomic E-state index is 12.1. The van der Waals surface area contributed by atoms with Crippen molar-refractivity contribution in [2.75, 3.05) is 18.4 Å². The van der Waals surface area contributed by atoms with Gasteiger partial charge in [0, 0.05) is 17.0 Å². The van der Waals surface area contributed by atoms with Crippen LogP contribution in [0.3, 0.4) is 0 Å². The molecule has 0 saturated carbocycles. The van der Waals surface area contributed by atoms with Crippen molar-refractivity contribution in [3.63, 3.8) is 0 Å². The second kappa shape index (κ2) is 7.56. The first kappa shape index (κ1) is 15.3. The highest BCUT2D eigenvalue weighted by molar-refractivity contribution is 7.13. The van der Waals surface area contributed by atoms with E-state index in [1.807, 2.05) is 24.3 Å². The van der Waals surface area contributed by atoms with E-state index in [-0.39, 0.29) is 5.91 Å². The van der Waals surface area contributed by atoms with Gasteiger partial charge in [-0.3, -0.25) is 4.79 Å². The van der Waals surface area contributed by atoms with E-state index in [1.54, 1.807) is 11.3 Å². The summed E-state index contributed by atoms with van der Waals surface area (Å²) in [5.74, 6) is 0.825. The minimum absolute atomic E-state index is 0.127. The molecule has 2 aromatic rings. The highest BCUT2D eigenvalue weighted by Crippen LogP contribution is 2.27. The van der Waals surface area contributed by atoms with Crippen LogP contribution in [0, 0.1) is 5.92 Å². The van der Waals surface area contributed by atoms with E-state index in [1.165, 1.54) is 17.7 Å². The number of hydrogen-bond acceptors (Lipinski definition) is 3. The number of nitrogens with one attached hydrogen (secondary N) is 2. The Balaban J connectivity index is 1.54. The van der Waals surface area contributed by atoms with Crippen molar-refractivity contribution in [3.8, 4) is 10.4 Å². The number of thiophene rings is 1. The second-order valence-corrected chi connectivity index (χ2v) is 6.79. The average molecular weight is 314 g/mol. The molecule has 22 heavy (non-hydrogen) atoms. The van der Waals surface area contributed by atoms with Crippen LogP contribution in [0.15, 0.2) is 41.8 Å². The molecular weight excluding hydrogens is 292 g/mol. The standard InChI is InChI=1S/C18H22N2OS/c21-18(7-6-14-8-10-19-11-9-14)20-16-4-1-3-15(13-16)17-5-2-12-22-17/h1-5,12-14,19H,6-11H2,(H,20,21). The molecule has 1 aliphatic heterocycles. The number of anilines is 1. The molecule has 0 spiro atoms. The van der Waals surface area contributed by atoms with Gasteiger partial charge in [0.2, 0.25) is 5.91 Å². The lowest BCUT2D eigenvalue weighted by molar-refractivity contribution is -0.116. The Hall–Kier alpha value is -1.65. The van der Waals surface area contributed by atoms with Crippen molar-refractivity contribution in [2.45, 2.75) is 25.7 Å². The molecular formula is C18H22N2OS. The number of carbonyl (C=O) groups excluding carboxylic acids is 1. The van der Waals surface area contributed by atoms with Crippen LogP contribution >= 0.6 is 11.3 Å². The van der Waals surface area contributed by atoms with Gasteiger partial charge in [-0.05, 0) is 67.4 Å². The summed E-state index contributed by atoms with van der Waals surface area (Å²) in [5, 5.41) is 8.47. The molecule has 0 unspecified atom stereocenters. The first-order valence-corrected chi connectivity index (χ1v) is 8.84. The zero-order valence-electron chi connectivity index (χ0n) is 12.7. The summed E-state index contributed by atoms with van der Waals surface area (Å²) in [6.07, 6.45) is 4.01. The molecule has 1 saturated heterocycles. The van der Waals surface area contributed by atoms with Crippen LogP contribution in [0.2, 0.25) is 0 Å². The van der Waals surface area contributed by atoms with Gasteiger partial charge in [0.25, 0.3) is 0 Å². The van der Waals surface area contributed by atoms with E-state index in [0.29, 0.717) is 12.3 Å². The van der Waals surface area contributed by atoms with Gasteiger partial charge in [0.1, 0.15) is 0 Å². The van der Waals surface area contributed by atoms with Gasteiger partial charge in [-0.2, -0.15) is 0 Å². The van der Waals surface area contributed by atoms with Crippen molar-refractivity contribution in [3.05, 3.63) is 41.8 Å². The average Bonchev–Trinajstić information content (AvgIpc) is 3.09. The maximum atomic E-state index is 12.1. The van der Waals surface area contributed by atoms with E-state index >= 15 is 0 Å². The van der Waals surface area contributed by atoms with Gasteiger partial charge >= 0.3 is 0 Å². The summed E-state index contributed by atoms with van der Waals surface area (Å²) in [4.78, 5) is 13.4. The Labute approximate surface area is 135 Å². The first-order valence-electron chi connectivity index (χ1n) is 7.96. The van der Waals surface area contributed by atoms with Crippen LogP contribution in [0.4, 0.5) is 5.69 Å². The number of carbonyl (C=O) groups is 1. The molecule has 116 valence electrons. The second-order valence-electron chi connectivity index (χ2n) is 5.84. The Bertz CT molecular complexity index is 603. The van der Waals surface area contributed by atoms with Crippen LogP contribution in [0.1, 0.15) is 25.7 Å². The molecule has 3 rings (SSSR count). The SMILES string of the molecule is O=C(CCC1CCNCC1)Nc1cccc(-c2cccs2)c1. The number of piperidine rings is 1. The van der Waals surface area contributed by atoms with E-state index < -0.39 is 0 Å². The van der Waals surface area contributed by atoms with Gasteiger partial charge in [-0.25, -0.2) is 0 Å². The zero-order valence-corrected chi connectivity index (χ0v) is 13.5. The lowest BCUT2D eigenvalue weighted by Gasteiger charge is -2.22. The Morgan fingerprint density at radius 2 is 2.09 bits per heavy atom. The van der Waals surface area contributed by atoms with Crippen molar-refractivity contribution < 1.29 is 4.79 Å². The third-order valence-corrected chi connectivity index (χ3v) is 5.11. The van der Waals surface area contributed by atoms with Gasteiger partial charge in [0.05, 0.1) is 0 Å². The summed E-state index contributed by atoms with van der Waals surface area (Å²) < 4.78 is 0. The van der Waals surface area contributed by atoms with Gasteiger partial charge in [-0.15, -0.1) is 11.3 Å². The quantitative estimate of drug-likeness (QED) is 0.871. The molecule has 1 aromatic heterocycles. The summed E-state index contributed by atoms with van der Waals surface area (Å²) in [5.41, 5.74) is 2.05. The van der Waals surface area contributed by atoms with Crippen LogP contribution in [0.25, 0.3) is 10.4 Å². The predicted molar refractivity (Wildman–Crippen MR) is 93.2 cm³/mol. The van der Waals surface area contributed by atoms with E-state index in [9.17, 15) is 4.79 Å². The Morgan fingerprint density at radius 1 is 1.23 bits per heavy atom. The van der Waals surface area contributed by atoms with Crippen LogP contribution in [-0.2, 0) is 4.79 Å². The maximum Gasteiger partial charge on any atom is 0.224 e. The molecule has 1 amide bonds. The minimum Gasteiger partial charge on any atom is -0.326 e. The fraction of sp³-hybridized carbons (Fsp3) is 0.389. The molecule has 0 radical (unpaired) electrons. The Morgan fingerprint density at radius 3 is 2.86 bits per heavy atom. The predicted octanol–water partition coefficient (Wildman–Crippen LogP) is 4.13. The molecule has 3 nitrogen and oxygen atoms in total. The largest absolute Gasteiger partial charge is 0.326 e.